The Labute approximate surface area is 165 Å². The van der Waals surface area contributed by atoms with Crippen LogP contribution in [0.15, 0.2) is 53.6 Å². The summed E-state index contributed by atoms with van der Waals surface area (Å²) in [6.07, 6.45) is 4.17. The molecule has 4 nitrogen and oxygen atoms in total. The van der Waals surface area contributed by atoms with E-state index in [-0.39, 0.29) is 17.8 Å². The fraction of sp³-hybridized carbons (Fsp3) is 0.391. The molecular formula is C23H26FN3O. The third-order valence-corrected chi connectivity index (χ3v) is 5.58. The minimum absolute atomic E-state index is 0.0129. The number of nitrogens with zero attached hydrogens (tertiary/aromatic N) is 3. The fourth-order valence-electron chi connectivity index (χ4n) is 4.07. The molecule has 2 aromatic carbocycles. The topological polar surface area (TPSA) is 35.9 Å². The molecule has 1 fully saturated rings. The SMILES string of the molecule is Cc1cccc(C2=NN(C(=O)CN3CCCCC3)C(c3ccc(F)cc3)C2)c1. The molecule has 0 aliphatic carbocycles. The fourth-order valence-corrected chi connectivity index (χ4v) is 4.07. The lowest BCUT2D eigenvalue weighted by molar-refractivity contribution is -0.134. The molecule has 1 atom stereocenters. The maximum absolute atomic E-state index is 13.4. The zero-order chi connectivity index (χ0) is 19.5. The second-order valence-corrected chi connectivity index (χ2v) is 7.76. The third-order valence-electron chi connectivity index (χ3n) is 5.58. The first-order valence-corrected chi connectivity index (χ1v) is 10.0. The van der Waals surface area contributed by atoms with Gasteiger partial charge in [0.15, 0.2) is 0 Å². The summed E-state index contributed by atoms with van der Waals surface area (Å²) in [5, 5.41) is 6.35. The van der Waals surface area contributed by atoms with Crippen LogP contribution in [0.3, 0.4) is 0 Å². The number of carbonyl (C=O) groups excluding carboxylic acids is 1. The zero-order valence-electron chi connectivity index (χ0n) is 16.3. The Kier molecular flexibility index (Phi) is 5.53. The van der Waals surface area contributed by atoms with Gasteiger partial charge in [0.05, 0.1) is 18.3 Å². The number of amides is 1. The average molecular weight is 379 g/mol. The molecule has 0 aromatic heterocycles. The van der Waals surface area contributed by atoms with Crippen molar-refractivity contribution in [1.82, 2.24) is 9.91 Å². The van der Waals surface area contributed by atoms with Gasteiger partial charge in [-0.3, -0.25) is 9.69 Å². The minimum Gasteiger partial charge on any atom is -0.294 e. The van der Waals surface area contributed by atoms with E-state index in [4.69, 9.17) is 5.10 Å². The molecule has 4 rings (SSSR count). The van der Waals surface area contributed by atoms with E-state index in [1.807, 2.05) is 12.1 Å². The molecule has 5 heteroatoms. The molecule has 2 aliphatic heterocycles. The van der Waals surface area contributed by atoms with Crippen LogP contribution in [0.25, 0.3) is 0 Å². The van der Waals surface area contributed by atoms with Crippen LogP contribution in [0, 0.1) is 12.7 Å². The van der Waals surface area contributed by atoms with Crippen LogP contribution in [-0.4, -0.2) is 41.2 Å². The van der Waals surface area contributed by atoms with Gasteiger partial charge in [0.2, 0.25) is 0 Å². The summed E-state index contributed by atoms with van der Waals surface area (Å²) in [5.41, 5.74) is 4.03. The summed E-state index contributed by atoms with van der Waals surface area (Å²) in [6.45, 7) is 4.38. The van der Waals surface area contributed by atoms with E-state index in [0.717, 1.165) is 48.3 Å². The van der Waals surface area contributed by atoms with Gasteiger partial charge in [-0.05, 0) is 56.1 Å². The summed E-state index contributed by atoms with van der Waals surface area (Å²) in [5.74, 6) is -0.258. The van der Waals surface area contributed by atoms with E-state index in [2.05, 4.69) is 24.0 Å². The van der Waals surface area contributed by atoms with Crippen molar-refractivity contribution in [3.8, 4) is 0 Å². The number of carbonyl (C=O) groups is 1. The Morgan fingerprint density at radius 3 is 2.57 bits per heavy atom. The van der Waals surface area contributed by atoms with E-state index >= 15 is 0 Å². The van der Waals surface area contributed by atoms with E-state index in [1.165, 1.54) is 18.6 Å². The van der Waals surface area contributed by atoms with Crippen LogP contribution in [-0.2, 0) is 4.79 Å². The Morgan fingerprint density at radius 1 is 1.11 bits per heavy atom. The van der Waals surface area contributed by atoms with Gasteiger partial charge < -0.3 is 0 Å². The first-order valence-electron chi connectivity index (χ1n) is 10.0. The van der Waals surface area contributed by atoms with Crippen LogP contribution >= 0.6 is 0 Å². The number of hydrogen-bond acceptors (Lipinski definition) is 3. The predicted molar refractivity (Wildman–Crippen MR) is 109 cm³/mol. The van der Waals surface area contributed by atoms with E-state index < -0.39 is 0 Å². The summed E-state index contributed by atoms with van der Waals surface area (Å²) in [4.78, 5) is 15.3. The normalized spacial score (nSPS) is 20.3. The van der Waals surface area contributed by atoms with E-state index in [0.29, 0.717) is 13.0 Å². The number of benzene rings is 2. The second-order valence-electron chi connectivity index (χ2n) is 7.76. The summed E-state index contributed by atoms with van der Waals surface area (Å²) in [6, 6.07) is 14.4. The van der Waals surface area contributed by atoms with Gasteiger partial charge in [-0.25, -0.2) is 9.40 Å². The zero-order valence-corrected chi connectivity index (χ0v) is 16.3. The van der Waals surface area contributed by atoms with Gasteiger partial charge >= 0.3 is 0 Å². The first kappa shape index (κ1) is 18.8. The Bertz CT molecular complexity index is 872. The highest BCUT2D eigenvalue weighted by Gasteiger charge is 2.33. The van der Waals surface area contributed by atoms with Gasteiger partial charge in [-0.15, -0.1) is 0 Å². The standard InChI is InChI=1S/C23H26FN3O/c1-17-6-5-7-19(14-17)21-15-22(18-8-10-20(24)11-9-18)27(25-21)23(28)16-26-12-3-2-4-13-26/h5-11,14,22H,2-4,12-13,15-16H2,1H3. The quantitative estimate of drug-likeness (QED) is 0.794. The average Bonchev–Trinajstić information content (AvgIpc) is 3.15. The molecule has 28 heavy (non-hydrogen) atoms. The molecule has 2 aliphatic rings. The number of piperidine rings is 1. The van der Waals surface area contributed by atoms with Crippen LogP contribution in [0.5, 0.6) is 0 Å². The van der Waals surface area contributed by atoms with Gasteiger partial charge in [0, 0.05) is 6.42 Å². The number of hydrazone groups is 1. The van der Waals surface area contributed by atoms with Crippen molar-refractivity contribution >= 4 is 11.6 Å². The highest BCUT2D eigenvalue weighted by atomic mass is 19.1. The predicted octanol–water partition coefficient (Wildman–Crippen LogP) is 4.30. The van der Waals surface area contributed by atoms with Gasteiger partial charge in [-0.2, -0.15) is 5.10 Å². The molecule has 0 spiro atoms. The van der Waals surface area contributed by atoms with Crippen LogP contribution < -0.4 is 0 Å². The lowest BCUT2D eigenvalue weighted by Gasteiger charge is -2.29. The molecule has 2 heterocycles. The Morgan fingerprint density at radius 2 is 1.86 bits per heavy atom. The summed E-state index contributed by atoms with van der Waals surface area (Å²) in [7, 11) is 0. The largest absolute Gasteiger partial charge is 0.294 e. The number of likely N-dealkylation sites (tertiary alicyclic amines) is 1. The number of hydrogen-bond donors (Lipinski definition) is 0. The highest BCUT2D eigenvalue weighted by Crippen LogP contribution is 2.33. The second kappa shape index (κ2) is 8.23. The Hall–Kier alpha value is -2.53. The maximum atomic E-state index is 13.4. The number of halogens is 1. The molecule has 0 N–H and O–H groups in total. The monoisotopic (exact) mass is 379 g/mol. The van der Waals surface area contributed by atoms with Crippen molar-refractivity contribution in [1.29, 1.82) is 0 Å². The molecule has 1 saturated heterocycles. The maximum Gasteiger partial charge on any atom is 0.257 e. The van der Waals surface area contributed by atoms with Gasteiger partial charge in [0.1, 0.15) is 5.82 Å². The van der Waals surface area contributed by atoms with Crippen molar-refractivity contribution in [3.05, 3.63) is 71.0 Å². The van der Waals surface area contributed by atoms with Crippen LogP contribution in [0.4, 0.5) is 4.39 Å². The number of rotatable bonds is 4. The van der Waals surface area contributed by atoms with Crippen molar-refractivity contribution < 1.29 is 9.18 Å². The Balaban J connectivity index is 1.60. The van der Waals surface area contributed by atoms with Crippen LogP contribution in [0.2, 0.25) is 0 Å². The molecular weight excluding hydrogens is 353 g/mol. The smallest absolute Gasteiger partial charge is 0.257 e. The molecule has 146 valence electrons. The first-order chi connectivity index (χ1) is 13.6. The lowest BCUT2D eigenvalue weighted by atomic mass is 9.97. The molecule has 1 unspecified atom stereocenters. The van der Waals surface area contributed by atoms with E-state index in [9.17, 15) is 9.18 Å². The summed E-state index contributed by atoms with van der Waals surface area (Å²) < 4.78 is 13.4. The van der Waals surface area contributed by atoms with Crippen molar-refractivity contribution in [2.45, 2.75) is 38.6 Å². The van der Waals surface area contributed by atoms with E-state index in [1.54, 1.807) is 17.1 Å². The van der Waals surface area contributed by atoms with Crippen molar-refractivity contribution in [2.75, 3.05) is 19.6 Å². The number of aryl methyl sites for hydroxylation is 1. The molecule has 2 aromatic rings. The van der Waals surface area contributed by atoms with Crippen molar-refractivity contribution in [3.63, 3.8) is 0 Å². The lowest BCUT2D eigenvalue weighted by Crippen LogP contribution is -2.40. The van der Waals surface area contributed by atoms with Crippen LogP contribution in [0.1, 0.15) is 48.4 Å². The van der Waals surface area contributed by atoms with Gasteiger partial charge in [0.25, 0.3) is 5.91 Å². The third kappa shape index (κ3) is 4.14. The van der Waals surface area contributed by atoms with Crippen molar-refractivity contribution in [2.24, 2.45) is 5.10 Å². The summed E-state index contributed by atoms with van der Waals surface area (Å²) >= 11 is 0. The van der Waals surface area contributed by atoms with Gasteiger partial charge in [-0.1, -0.05) is 48.4 Å². The minimum atomic E-state index is -0.271. The molecule has 1 amide bonds. The molecule has 0 bridgehead atoms. The molecule has 0 radical (unpaired) electrons. The highest BCUT2D eigenvalue weighted by molar-refractivity contribution is 6.03. The molecule has 0 saturated carbocycles.